The topological polar surface area (TPSA) is 56.0 Å². The summed E-state index contributed by atoms with van der Waals surface area (Å²) < 4.78 is 0. The zero-order chi connectivity index (χ0) is 12.8. The number of carbonyl (C=O) groups excluding carboxylic acids is 1. The molecule has 0 radical (unpaired) electrons. The molecular weight excluding hydrogens is 244 g/mol. The second-order valence-corrected chi connectivity index (χ2v) is 5.94. The minimum absolute atomic E-state index is 0.272. The predicted molar refractivity (Wildman–Crippen MR) is 72.4 cm³/mol. The maximum Gasteiger partial charge on any atom is 0.229 e. The number of aryl methyl sites for hydroxylation is 1. The van der Waals surface area contributed by atoms with Crippen molar-refractivity contribution >= 4 is 17.2 Å². The van der Waals surface area contributed by atoms with E-state index in [-0.39, 0.29) is 5.91 Å². The zero-order valence-corrected chi connectivity index (χ0v) is 11.0. The van der Waals surface area contributed by atoms with Crippen molar-refractivity contribution in [2.45, 2.75) is 25.2 Å². The molecule has 0 saturated carbocycles. The Balaban J connectivity index is 2.08. The highest BCUT2D eigenvalue weighted by molar-refractivity contribution is 7.15. The second-order valence-electron chi connectivity index (χ2n) is 4.85. The van der Waals surface area contributed by atoms with Gasteiger partial charge in [0.1, 0.15) is 5.01 Å². The predicted octanol–water partition coefficient (Wildman–Crippen LogP) is 2.50. The normalized spacial score (nSPS) is 21.8. The minimum Gasteiger partial charge on any atom is -0.369 e. The number of hydrogen-bond donors (Lipinski definition) is 1. The van der Waals surface area contributed by atoms with E-state index in [1.807, 2.05) is 37.3 Å². The fourth-order valence-electron chi connectivity index (χ4n) is 2.38. The first-order valence-electron chi connectivity index (χ1n) is 5.97. The number of carbonyl (C=O) groups is 1. The minimum atomic E-state index is -0.584. The Morgan fingerprint density at radius 2 is 2.11 bits per heavy atom. The van der Waals surface area contributed by atoms with Gasteiger partial charge in [-0.1, -0.05) is 30.3 Å². The third-order valence-electron chi connectivity index (χ3n) is 3.64. The van der Waals surface area contributed by atoms with Gasteiger partial charge < -0.3 is 5.73 Å². The molecule has 18 heavy (non-hydrogen) atoms. The van der Waals surface area contributed by atoms with Gasteiger partial charge in [-0.05, 0) is 19.8 Å². The van der Waals surface area contributed by atoms with Gasteiger partial charge in [0.2, 0.25) is 5.91 Å². The van der Waals surface area contributed by atoms with Crippen molar-refractivity contribution in [3.05, 3.63) is 40.9 Å². The van der Waals surface area contributed by atoms with Crippen LogP contribution in [0.4, 0.5) is 0 Å². The van der Waals surface area contributed by atoms with Crippen LogP contribution in [-0.4, -0.2) is 10.9 Å². The monoisotopic (exact) mass is 258 g/mol. The maximum atomic E-state index is 11.6. The Morgan fingerprint density at radius 3 is 2.78 bits per heavy atom. The number of rotatable bonds is 2. The number of thiazole rings is 1. The Morgan fingerprint density at radius 1 is 1.39 bits per heavy atom. The highest BCUT2D eigenvalue weighted by Gasteiger charge is 2.42. The lowest BCUT2D eigenvalue weighted by molar-refractivity contribution is -0.123. The summed E-state index contributed by atoms with van der Waals surface area (Å²) in [5, 5.41) is 0.979. The lowest BCUT2D eigenvalue weighted by atomic mass is 9.87. The SMILES string of the molecule is CC1(C(N)=O)CCc2sc(-c3ccccc3)nc21. The molecule has 3 rings (SSSR count). The first-order chi connectivity index (χ1) is 8.61. The van der Waals surface area contributed by atoms with E-state index < -0.39 is 5.41 Å². The van der Waals surface area contributed by atoms with Crippen molar-refractivity contribution in [3.63, 3.8) is 0 Å². The fraction of sp³-hybridized carbons (Fsp3) is 0.286. The number of amides is 1. The largest absolute Gasteiger partial charge is 0.369 e. The molecular formula is C14H14N2OS. The molecule has 92 valence electrons. The van der Waals surface area contributed by atoms with Gasteiger partial charge in [-0.15, -0.1) is 11.3 Å². The van der Waals surface area contributed by atoms with Crippen LogP contribution in [-0.2, 0) is 16.6 Å². The fourth-order valence-corrected chi connectivity index (χ4v) is 3.57. The molecule has 0 fully saturated rings. The molecule has 1 aromatic carbocycles. The summed E-state index contributed by atoms with van der Waals surface area (Å²) in [7, 11) is 0. The van der Waals surface area contributed by atoms with Crippen molar-refractivity contribution in [2.24, 2.45) is 5.73 Å². The molecule has 1 amide bonds. The molecule has 1 heterocycles. The Hall–Kier alpha value is -1.68. The highest BCUT2D eigenvalue weighted by Crippen LogP contribution is 2.43. The van der Waals surface area contributed by atoms with Gasteiger partial charge in [0.15, 0.2) is 0 Å². The van der Waals surface area contributed by atoms with E-state index >= 15 is 0 Å². The summed E-state index contributed by atoms with van der Waals surface area (Å²) in [5.74, 6) is -0.272. The van der Waals surface area contributed by atoms with Gasteiger partial charge in [0.05, 0.1) is 11.1 Å². The number of fused-ring (bicyclic) bond motifs is 1. The Kier molecular flexibility index (Phi) is 2.48. The molecule has 0 aliphatic heterocycles. The van der Waals surface area contributed by atoms with E-state index in [0.29, 0.717) is 0 Å². The highest BCUT2D eigenvalue weighted by atomic mass is 32.1. The number of primary amides is 1. The summed E-state index contributed by atoms with van der Waals surface area (Å²) in [6, 6.07) is 10.0. The van der Waals surface area contributed by atoms with Crippen LogP contribution in [0, 0.1) is 0 Å². The number of aromatic nitrogens is 1. The third kappa shape index (κ3) is 1.56. The number of nitrogens with zero attached hydrogens (tertiary/aromatic N) is 1. The first-order valence-corrected chi connectivity index (χ1v) is 6.78. The van der Waals surface area contributed by atoms with Gasteiger partial charge in [-0.25, -0.2) is 4.98 Å². The van der Waals surface area contributed by atoms with Crippen LogP contribution in [0.15, 0.2) is 30.3 Å². The van der Waals surface area contributed by atoms with E-state index in [2.05, 4.69) is 4.98 Å². The summed E-state index contributed by atoms with van der Waals surface area (Å²) in [6.45, 7) is 1.90. The molecule has 1 aliphatic rings. The van der Waals surface area contributed by atoms with Crippen LogP contribution in [0.1, 0.15) is 23.9 Å². The smallest absolute Gasteiger partial charge is 0.229 e. The average Bonchev–Trinajstić information content (AvgIpc) is 2.92. The molecule has 1 atom stereocenters. The van der Waals surface area contributed by atoms with Crippen LogP contribution >= 0.6 is 11.3 Å². The second kappa shape index (κ2) is 3.92. The van der Waals surface area contributed by atoms with Crippen molar-refractivity contribution in [3.8, 4) is 10.6 Å². The Labute approximate surface area is 110 Å². The van der Waals surface area contributed by atoms with Gasteiger partial charge >= 0.3 is 0 Å². The molecule has 1 unspecified atom stereocenters. The molecule has 3 nitrogen and oxygen atoms in total. The van der Waals surface area contributed by atoms with Crippen molar-refractivity contribution < 1.29 is 4.79 Å². The maximum absolute atomic E-state index is 11.6. The quantitative estimate of drug-likeness (QED) is 0.899. The molecule has 1 aliphatic carbocycles. The van der Waals surface area contributed by atoms with E-state index in [0.717, 1.165) is 29.1 Å². The third-order valence-corrected chi connectivity index (χ3v) is 4.80. The zero-order valence-electron chi connectivity index (χ0n) is 10.1. The number of nitrogens with two attached hydrogens (primary N) is 1. The van der Waals surface area contributed by atoms with E-state index in [9.17, 15) is 4.79 Å². The summed E-state index contributed by atoms with van der Waals surface area (Å²) in [4.78, 5) is 17.5. The Bertz CT molecular complexity index is 606. The summed E-state index contributed by atoms with van der Waals surface area (Å²) >= 11 is 1.68. The van der Waals surface area contributed by atoms with Crippen molar-refractivity contribution in [2.75, 3.05) is 0 Å². The number of hydrogen-bond acceptors (Lipinski definition) is 3. The molecule has 0 spiro atoms. The molecule has 2 N–H and O–H groups in total. The van der Waals surface area contributed by atoms with Crippen LogP contribution < -0.4 is 5.73 Å². The first kappa shape index (κ1) is 11.4. The van der Waals surface area contributed by atoms with Crippen LogP contribution in [0.5, 0.6) is 0 Å². The van der Waals surface area contributed by atoms with E-state index in [1.54, 1.807) is 11.3 Å². The van der Waals surface area contributed by atoms with E-state index in [4.69, 9.17) is 5.73 Å². The lowest BCUT2D eigenvalue weighted by Gasteiger charge is -2.18. The van der Waals surface area contributed by atoms with E-state index in [1.165, 1.54) is 4.88 Å². The van der Waals surface area contributed by atoms with Gasteiger partial charge in [-0.3, -0.25) is 4.79 Å². The number of benzene rings is 1. The summed E-state index contributed by atoms with van der Waals surface area (Å²) in [5.41, 5.74) is 6.92. The van der Waals surface area contributed by atoms with Gasteiger partial charge in [0.25, 0.3) is 0 Å². The molecule has 4 heteroatoms. The summed E-state index contributed by atoms with van der Waals surface area (Å²) in [6.07, 6.45) is 1.69. The van der Waals surface area contributed by atoms with Crippen molar-refractivity contribution in [1.82, 2.24) is 4.98 Å². The van der Waals surface area contributed by atoms with Gasteiger partial charge in [-0.2, -0.15) is 0 Å². The van der Waals surface area contributed by atoms with Crippen molar-refractivity contribution in [1.29, 1.82) is 0 Å². The van der Waals surface area contributed by atoms with Gasteiger partial charge in [0, 0.05) is 10.4 Å². The lowest BCUT2D eigenvalue weighted by Crippen LogP contribution is -2.36. The standard InChI is InChI=1S/C14H14N2OS/c1-14(13(15)17)8-7-10-11(14)16-12(18-10)9-5-3-2-4-6-9/h2-6H,7-8H2,1H3,(H2,15,17). The van der Waals surface area contributed by atoms with Crippen LogP contribution in [0.3, 0.4) is 0 Å². The molecule has 0 saturated heterocycles. The van der Waals surface area contributed by atoms with Crippen LogP contribution in [0.25, 0.3) is 10.6 Å². The van der Waals surface area contributed by atoms with Crippen LogP contribution in [0.2, 0.25) is 0 Å². The average molecular weight is 258 g/mol. The molecule has 1 aromatic heterocycles. The molecule has 2 aromatic rings. The molecule has 0 bridgehead atoms.